The lowest BCUT2D eigenvalue weighted by Crippen LogP contribution is -2.20. The maximum absolute atomic E-state index is 8.25. The molecule has 0 heterocycles. The predicted octanol–water partition coefficient (Wildman–Crippen LogP) is -0.854. The van der Waals surface area contributed by atoms with E-state index in [2.05, 4.69) is 5.48 Å². The molecule has 0 aromatic carbocycles. The summed E-state index contributed by atoms with van der Waals surface area (Å²) in [4.78, 5) is 4.78. The first-order chi connectivity index (χ1) is 4.41. The van der Waals surface area contributed by atoms with Crippen LogP contribution in [0.15, 0.2) is 0 Å². The van der Waals surface area contributed by atoms with Gasteiger partial charge in [-0.3, -0.25) is 4.84 Å². The van der Waals surface area contributed by atoms with Crippen molar-refractivity contribution in [2.75, 3.05) is 33.5 Å². The van der Waals surface area contributed by atoms with Gasteiger partial charge < -0.3 is 9.84 Å². The van der Waals surface area contributed by atoms with Gasteiger partial charge in [0.25, 0.3) is 0 Å². The SMILES string of the molecule is COCCONCCO. The van der Waals surface area contributed by atoms with Crippen LogP contribution in [0.25, 0.3) is 0 Å². The smallest absolute Gasteiger partial charge is 0.0915 e. The van der Waals surface area contributed by atoms with Crippen molar-refractivity contribution >= 4 is 0 Å². The molecule has 0 saturated carbocycles. The molecular weight excluding hydrogens is 122 g/mol. The second kappa shape index (κ2) is 7.84. The summed E-state index contributed by atoms with van der Waals surface area (Å²) in [5.41, 5.74) is 2.54. The third-order valence-electron chi connectivity index (χ3n) is 0.705. The number of hydrogen-bond acceptors (Lipinski definition) is 4. The summed E-state index contributed by atoms with van der Waals surface area (Å²) in [6, 6.07) is 0. The second-order valence-electron chi connectivity index (χ2n) is 1.46. The minimum Gasteiger partial charge on any atom is -0.395 e. The van der Waals surface area contributed by atoms with E-state index in [0.717, 1.165) is 0 Å². The Balaban J connectivity index is 2.60. The van der Waals surface area contributed by atoms with E-state index < -0.39 is 0 Å². The summed E-state index contributed by atoms with van der Waals surface area (Å²) >= 11 is 0. The lowest BCUT2D eigenvalue weighted by Gasteiger charge is -2.01. The van der Waals surface area contributed by atoms with Crippen LogP contribution in [0.1, 0.15) is 0 Å². The molecule has 0 unspecified atom stereocenters. The molecular formula is C5H13NO3. The van der Waals surface area contributed by atoms with Gasteiger partial charge in [0.15, 0.2) is 0 Å². The van der Waals surface area contributed by atoms with Gasteiger partial charge in [-0.1, -0.05) is 0 Å². The van der Waals surface area contributed by atoms with Crippen molar-refractivity contribution in [1.29, 1.82) is 0 Å². The third-order valence-corrected chi connectivity index (χ3v) is 0.705. The van der Waals surface area contributed by atoms with Crippen molar-refractivity contribution in [3.8, 4) is 0 Å². The molecule has 0 radical (unpaired) electrons. The lowest BCUT2D eigenvalue weighted by atomic mass is 10.7. The number of methoxy groups -OCH3 is 1. The largest absolute Gasteiger partial charge is 0.395 e. The van der Waals surface area contributed by atoms with Gasteiger partial charge in [-0.25, -0.2) is 5.48 Å². The van der Waals surface area contributed by atoms with E-state index in [1.54, 1.807) is 7.11 Å². The summed E-state index contributed by atoms with van der Waals surface area (Å²) in [5, 5.41) is 8.25. The number of aliphatic hydroxyl groups excluding tert-OH is 1. The van der Waals surface area contributed by atoms with Gasteiger partial charge in [0.05, 0.1) is 19.8 Å². The quantitative estimate of drug-likeness (QED) is 0.368. The average Bonchev–Trinajstić information content (AvgIpc) is 1.89. The van der Waals surface area contributed by atoms with Crippen LogP contribution in [0.5, 0.6) is 0 Å². The van der Waals surface area contributed by atoms with Crippen LogP contribution in [0.3, 0.4) is 0 Å². The Bertz CT molecular complexity index is 45.5. The van der Waals surface area contributed by atoms with Crippen LogP contribution in [-0.4, -0.2) is 38.6 Å². The molecule has 0 aliphatic heterocycles. The molecule has 0 saturated heterocycles. The molecule has 9 heavy (non-hydrogen) atoms. The van der Waals surface area contributed by atoms with Crippen LogP contribution in [0.4, 0.5) is 0 Å². The van der Waals surface area contributed by atoms with E-state index in [4.69, 9.17) is 14.7 Å². The highest BCUT2D eigenvalue weighted by Crippen LogP contribution is 1.68. The highest BCUT2D eigenvalue weighted by molar-refractivity contribution is 4.27. The zero-order valence-electron chi connectivity index (χ0n) is 5.59. The Morgan fingerprint density at radius 3 is 2.78 bits per heavy atom. The fraction of sp³-hybridized carbons (Fsp3) is 1.00. The summed E-state index contributed by atoms with van der Waals surface area (Å²) in [6.45, 7) is 1.63. The predicted molar refractivity (Wildman–Crippen MR) is 32.9 cm³/mol. The number of aliphatic hydroxyl groups is 1. The normalized spacial score (nSPS) is 10.0. The van der Waals surface area contributed by atoms with Gasteiger partial charge in [-0.05, 0) is 0 Å². The van der Waals surface area contributed by atoms with Crippen LogP contribution in [0, 0.1) is 0 Å². The molecule has 0 aliphatic rings. The van der Waals surface area contributed by atoms with Crippen molar-refractivity contribution in [1.82, 2.24) is 5.48 Å². The van der Waals surface area contributed by atoms with Gasteiger partial charge in [-0.2, -0.15) is 0 Å². The Morgan fingerprint density at radius 2 is 2.22 bits per heavy atom. The summed E-state index contributed by atoms with van der Waals surface area (Å²) in [7, 11) is 1.61. The molecule has 4 nitrogen and oxygen atoms in total. The maximum atomic E-state index is 8.25. The molecule has 0 rings (SSSR count). The third kappa shape index (κ3) is 7.84. The first-order valence-electron chi connectivity index (χ1n) is 2.86. The van der Waals surface area contributed by atoms with Crippen LogP contribution in [-0.2, 0) is 9.57 Å². The highest BCUT2D eigenvalue weighted by Gasteiger charge is 1.83. The van der Waals surface area contributed by atoms with Gasteiger partial charge >= 0.3 is 0 Å². The zero-order valence-corrected chi connectivity index (χ0v) is 5.59. The maximum Gasteiger partial charge on any atom is 0.0915 e. The number of nitrogens with one attached hydrogen (secondary N) is 1. The Morgan fingerprint density at radius 1 is 1.44 bits per heavy atom. The fourth-order valence-corrected chi connectivity index (χ4v) is 0.315. The van der Waals surface area contributed by atoms with Crippen molar-refractivity contribution in [3.05, 3.63) is 0 Å². The summed E-state index contributed by atoms with van der Waals surface area (Å²) < 4.78 is 4.69. The van der Waals surface area contributed by atoms with Crippen molar-refractivity contribution in [2.24, 2.45) is 0 Å². The number of rotatable bonds is 6. The molecule has 0 bridgehead atoms. The number of ether oxygens (including phenoxy) is 1. The van der Waals surface area contributed by atoms with Gasteiger partial charge in [0.1, 0.15) is 0 Å². The molecule has 4 heteroatoms. The Hall–Kier alpha value is -0.160. The molecule has 0 atom stereocenters. The standard InChI is InChI=1S/C5H13NO3/c1-8-4-5-9-6-2-3-7/h6-7H,2-5H2,1H3. The first-order valence-corrected chi connectivity index (χ1v) is 2.86. The highest BCUT2D eigenvalue weighted by atomic mass is 16.7. The monoisotopic (exact) mass is 135 g/mol. The van der Waals surface area contributed by atoms with Crippen LogP contribution in [0.2, 0.25) is 0 Å². The first kappa shape index (κ1) is 8.84. The average molecular weight is 135 g/mol. The molecule has 0 spiro atoms. The summed E-state index contributed by atoms with van der Waals surface area (Å²) in [6.07, 6.45) is 0. The van der Waals surface area contributed by atoms with Crippen molar-refractivity contribution in [3.63, 3.8) is 0 Å². The fourth-order valence-electron chi connectivity index (χ4n) is 0.315. The second-order valence-corrected chi connectivity index (χ2v) is 1.46. The van der Waals surface area contributed by atoms with E-state index in [9.17, 15) is 0 Å². The Kier molecular flexibility index (Phi) is 7.70. The topological polar surface area (TPSA) is 50.7 Å². The van der Waals surface area contributed by atoms with E-state index >= 15 is 0 Å². The Labute approximate surface area is 54.7 Å². The van der Waals surface area contributed by atoms with Gasteiger partial charge in [0.2, 0.25) is 0 Å². The number of hydroxylamine groups is 1. The van der Waals surface area contributed by atoms with Gasteiger partial charge in [-0.15, -0.1) is 0 Å². The van der Waals surface area contributed by atoms with Gasteiger partial charge in [0, 0.05) is 13.7 Å². The minimum atomic E-state index is 0.0903. The van der Waals surface area contributed by atoms with Crippen molar-refractivity contribution in [2.45, 2.75) is 0 Å². The molecule has 2 N–H and O–H groups in total. The molecule has 0 aliphatic carbocycles. The molecule has 56 valence electrons. The molecule has 0 fully saturated rings. The van der Waals surface area contributed by atoms with Crippen molar-refractivity contribution < 1.29 is 14.7 Å². The molecule has 0 aromatic heterocycles. The van der Waals surface area contributed by atoms with Crippen LogP contribution < -0.4 is 5.48 Å². The summed E-state index contributed by atoms with van der Waals surface area (Å²) in [5.74, 6) is 0. The van der Waals surface area contributed by atoms with Crippen LogP contribution >= 0.6 is 0 Å². The number of hydrogen-bond donors (Lipinski definition) is 2. The molecule has 0 amide bonds. The van der Waals surface area contributed by atoms with E-state index in [1.807, 2.05) is 0 Å². The zero-order chi connectivity index (χ0) is 6.95. The lowest BCUT2D eigenvalue weighted by molar-refractivity contribution is 0.00128. The molecule has 0 aromatic rings. The van der Waals surface area contributed by atoms with E-state index in [-0.39, 0.29) is 6.61 Å². The van der Waals surface area contributed by atoms with E-state index in [1.165, 1.54) is 0 Å². The minimum absolute atomic E-state index is 0.0903. The van der Waals surface area contributed by atoms with E-state index in [0.29, 0.717) is 19.8 Å².